The minimum atomic E-state index is -1.82. The first-order chi connectivity index (χ1) is 11.5. The van der Waals surface area contributed by atoms with Crippen LogP contribution in [0.1, 0.15) is 35.7 Å². The topological polar surface area (TPSA) is 57.6 Å². The number of hydrogen-bond donors (Lipinski definition) is 1. The summed E-state index contributed by atoms with van der Waals surface area (Å²) in [6, 6.07) is 14.1. The van der Waals surface area contributed by atoms with Gasteiger partial charge in [-0.3, -0.25) is 9.59 Å². The van der Waals surface area contributed by atoms with Crippen LogP contribution in [0.3, 0.4) is 0 Å². The molecule has 2 aromatic carbocycles. The minimum Gasteiger partial charge on any atom is -0.375 e. The summed E-state index contributed by atoms with van der Waals surface area (Å²) in [5, 5.41) is 11.1. The van der Waals surface area contributed by atoms with Crippen LogP contribution in [-0.2, 0) is 10.4 Å². The smallest absolute Gasteiger partial charge is 0.264 e. The monoisotopic (exact) mass is 387 g/mol. The van der Waals surface area contributed by atoms with Gasteiger partial charge in [0.1, 0.15) is 0 Å². The van der Waals surface area contributed by atoms with E-state index in [9.17, 15) is 14.7 Å². The van der Waals surface area contributed by atoms with Crippen LogP contribution in [-0.4, -0.2) is 23.3 Å². The van der Waals surface area contributed by atoms with Crippen LogP contribution < -0.4 is 4.90 Å². The van der Waals surface area contributed by atoms with Crippen molar-refractivity contribution in [1.29, 1.82) is 0 Å². The third-order valence-electron chi connectivity index (χ3n) is 4.25. The van der Waals surface area contributed by atoms with Gasteiger partial charge in [0, 0.05) is 22.1 Å². The van der Waals surface area contributed by atoms with Crippen LogP contribution in [0.2, 0.25) is 0 Å². The van der Waals surface area contributed by atoms with Crippen molar-refractivity contribution in [2.45, 2.75) is 25.4 Å². The molecule has 1 N–H and O–H groups in total. The number of fused-ring (bicyclic) bond motifs is 1. The molecule has 1 aliphatic rings. The lowest BCUT2D eigenvalue weighted by molar-refractivity contribution is -0.135. The van der Waals surface area contributed by atoms with Crippen LogP contribution in [0.4, 0.5) is 5.69 Å². The molecule has 0 aliphatic carbocycles. The Morgan fingerprint density at radius 1 is 1.21 bits per heavy atom. The normalized spacial score (nSPS) is 19.5. The third kappa shape index (κ3) is 2.78. The third-order valence-corrected chi connectivity index (χ3v) is 4.75. The van der Waals surface area contributed by atoms with E-state index in [4.69, 9.17) is 0 Å². The fraction of sp³-hybridized carbons (Fsp3) is 0.263. The van der Waals surface area contributed by atoms with E-state index in [1.54, 1.807) is 41.3 Å². The van der Waals surface area contributed by atoms with Crippen molar-refractivity contribution in [1.82, 2.24) is 0 Å². The predicted octanol–water partition coefficient (Wildman–Crippen LogP) is 3.67. The van der Waals surface area contributed by atoms with Gasteiger partial charge in [-0.2, -0.15) is 0 Å². The first kappa shape index (κ1) is 16.9. The largest absolute Gasteiger partial charge is 0.375 e. The summed E-state index contributed by atoms with van der Waals surface area (Å²) in [7, 11) is 0. The van der Waals surface area contributed by atoms with Gasteiger partial charge in [-0.25, -0.2) is 0 Å². The minimum absolute atomic E-state index is 0.254. The van der Waals surface area contributed by atoms with Gasteiger partial charge < -0.3 is 10.0 Å². The van der Waals surface area contributed by atoms with Crippen LogP contribution >= 0.6 is 15.9 Å². The van der Waals surface area contributed by atoms with E-state index < -0.39 is 11.5 Å². The molecule has 0 radical (unpaired) electrons. The van der Waals surface area contributed by atoms with Gasteiger partial charge in [0.15, 0.2) is 11.4 Å². The highest BCUT2D eigenvalue weighted by Gasteiger charge is 2.50. The van der Waals surface area contributed by atoms with Gasteiger partial charge in [0.2, 0.25) is 0 Å². The molecule has 1 aliphatic heterocycles. The Morgan fingerprint density at radius 3 is 2.58 bits per heavy atom. The maximum Gasteiger partial charge on any atom is 0.264 e. The van der Waals surface area contributed by atoms with Crippen molar-refractivity contribution in [3.05, 3.63) is 64.1 Å². The highest BCUT2D eigenvalue weighted by atomic mass is 79.9. The number of Topliss-reactive ketones (excluding diaryl/α,β-unsaturated/α-hetero) is 1. The van der Waals surface area contributed by atoms with Crippen molar-refractivity contribution < 1.29 is 14.7 Å². The Hall–Kier alpha value is -1.98. The van der Waals surface area contributed by atoms with Crippen molar-refractivity contribution in [2.24, 2.45) is 0 Å². The number of ketones is 1. The Balaban J connectivity index is 2.01. The zero-order chi connectivity index (χ0) is 17.3. The second-order valence-corrected chi connectivity index (χ2v) is 6.86. The lowest BCUT2D eigenvalue weighted by atomic mass is 9.88. The molecular weight excluding hydrogens is 370 g/mol. The predicted molar refractivity (Wildman–Crippen MR) is 96.1 cm³/mol. The SMILES string of the molecule is CCCN1C(=O)[C@](O)(CC(=O)c2ccccc2)c2cc(Br)ccc21. The number of halogens is 1. The molecule has 124 valence electrons. The lowest BCUT2D eigenvalue weighted by Crippen LogP contribution is -2.42. The molecule has 0 fully saturated rings. The summed E-state index contributed by atoms with van der Waals surface area (Å²) in [4.78, 5) is 27.0. The maximum absolute atomic E-state index is 12.9. The van der Waals surface area contributed by atoms with E-state index in [1.807, 2.05) is 19.1 Å². The van der Waals surface area contributed by atoms with E-state index in [0.29, 0.717) is 23.4 Å². The number of aliphatic hydroxyl groups is 1. The second kappa shape index (κ2) is 6.49. The van der Waals surface area contributed by atoms with E-state index in [1.165, 1.54) is 0 Å². The Morgan fingerprint density at radius 2 is 1.92 bits per heavy atom. The van der Waals surface area contributed by atoms with Crippen molar-refractivity contribution >= 4 is 33.3 Å². The molecule has 2 aromatic rings. The fourth-order valence-electron chi connectivity index (χ4n) is 3.10. The van der Waals surface area contributed by atoms with Gasteiger partial charge in [0.05, 0.1) is 12.1 Å². The number of rotatable bonds is 5. The number of benzene rings is 2. The molecule has 0 aromatic heterocycles. The second-order valence-electron chi connectivity index (χ2n) is 5.94. The van der Waals surface area contributed by atoms with Crippen LogP contribution in [0, 0.1) is 0 Å². The Bertz CT molecular complexity index is 790. The number of hydrogen-bond acceptors (Lipinski definition) is 3. The highest BCUT2D eigenvalue weighted by molar-refractivity contribution is 9.10. The van der Waals surface area contributed by atoms with Gasteiger partial charge in [-0.15, -0.1) is 0 Å². The summed E-state index contributed by atoms with van der Waals surface area (Å²) < 4.78 is 0.762. The average Bonchev–Trinajstić information content (AvgIpc) is 2.78. The first-order valence-corrected chi connectivity index (χ1v) is 8.69. The molecule has 0 unspecified atom stereocenters. The van der Waals surface area contributed by atoms with E-state index >= 15 is 0 Å². The molecule has 3 rings (SSSR count). The van der Waals surface area contributed by atoms with Crippen LogP contribution in [0.25, 0.3) is 0 Å². The number of nitrogens with zero attached hydrogens (tertiary/aromatic N) is 1. The molecule has 1 heterocycles. The molecule has 0 saturated carbocycles. The molecule has 24 heavy (non-hydrogen) atoms. The van der Waals surface area contributed by atoms with Gasteiger partial charge in [0.25, 0.3) is 5.91 Å². The number of amides is 1. The molecular formula is C19H18BrNO3. The summed E-state index contributed by atoms with van der Waals surface area (Å²) in [5.74, 6) is -0.683. The zero-order valence-corrected chi connectivity index (χ0v) is 14.9. The van der Waals surface area contributed by atoms with E-state index in [-0.39, 0.29) is 12.2 Å². The Kier molecular flexibility index (Phi) is 4.56. The summed E-state index contributed by atoms with van der Waals surface area (Å²) in [6.45, 7) is 2.48. The molecule has 0 saturated heterocycles. The van der Waals surface area contributed by atoms with Crippen molar-refractivity contribution in [2.75, 3.05) is 11.4 Å². The average molecular weight is 388 g/mol. The fourth-order valence-corrected chi connectivity index (χ4v) is 3.46. The van der Waals surface area contributed by atoms with Gasteiger partial charge >= 0.3 is 0 Å². The molecule has 4 nitrogen and oxygen atoms in total. The summed E-state index contributed by atoms with van der Waals surface area (Å²) in [5.41, 5.74) is -0.168. The van der Waals surface area contributed by atoms with Gasteiger partial charge in [-0.1, -0.05) is 53.2 Å². The number of carbonyl (C=O) groups is 2. The first-order valence-electron chi connectivity index (χ1n) is 7.90. The van der Waals surface area contributed by atoms with E-state index in [0.717, 1.165) is 10.9 Å². The van der Waals surface area contributed by atoms with Crippen LogP contribution in [0.5, 0.6) is 0 Å². The molecule has 0 bridgehead atoms. The molecule has 0 spiro atoms. The quantitative estimate of drug-likeness (QED) is 0.796. The maximum atomic E-state index is 12.9. The Labute approximate surface area is 149 Å². The molecule has 1 atom stereocenters. The van der Waals surface area contributed by atoms with Gasteiger partial charge in [-0.05, 0) is 24.6 Å². The lowest BCUT2D eigenvalue weighted by Gasteiger charge is -2.22. The number of carbonyl (C=O) groups excluding carboxylic acids is 2. The standard InChI is InChI=1S/C19H18BrNO3/c1-2-10-21-16-9-8-14(20)11-15(16)19(24,18(21)23)12-17(22)13-6-4-3-5-7-13/h3-9,11,24H,2,10,12H2,1H3/t19-/m0/s1. The number of anilines is 1. The van der Waals surface area contributed by atoms with Crippen molar-refractivity contribution in [3.8, 4) is 0 Å². The van der Waals surface area contributed by atoms with Crippen LogP contribution in [0.15, 0.2) is 53.0 Å². The zero-order valence-electron chi connectivity index (χ0n) is 13.3. The van der Waals surface area contributed by atoms with E-state index in [2.05, 4.69) is 15.9 Å². The highest BCUT2D eigenvalue weighted by Crippen LogP contribution is 2.44. The summed E-state index contributed by atoms with van der Waals surface area (Å²) >= 11 is 3.38. The summed E-state index contributed by atoms with van der Waals surface area (Å²) in [6.07, 6.45) is 0.503. The molecule has 5 heteroatoms. The molecule has 1 amide bonds. The van der Waals surface area contributed by atoms with Crippen molar-refractivity contribution in [3.63, 3.8) is 0 Å².